The SMILES string of the molecule is Cc1cc2oc(=O)cc(CN(C)Cc3ccco3)c2cc1C(C)C. The summed E-state index contributed by atoms with van der Waals surface area (Å²) in [4.78, 5) is 14.1. The number of hydrogen-bond donors (Lipinski definition) is 0. The van der Waals surface area contributed by atoms with E-state index in [4.69, 9.17) is 8.83 Å². The van der Waals surface area contributed by atoms with E-state index in [2.05, 4.69) is 31.7 Å². The third-order valence-electron chi connectivity index (χ3n) is 4.28. The molecule has 0 fully saturated rings. The Labute approximate surface area is 141 Å². The third-order valence-corrected chi connectivity index (χ3v) is 4.28. The molecule has 0 saturated heterocycles. The Hall–Kier alpha value is -2.33. The van der Waals surface area contributed by atoms with Gasteiger partial charge in [-0.25, -0.2) is 4.79 Å². The van der Waals surface area contributed by atoms with Gasteiger partial charge in [-0.1, -0.05) is 13.8 Å². The molecular formula is C20H23NO3. The summed E-state index contributed by atoms with van der Waals surface area (Å²) in [6, 6.07) is 9.57. The number of hydrogen-bond acceptors (Lipinski definition) is 4. The summed E-state index contributed by atoms with van der Waals surface area (Å²) in [5, 5.41) is 1.01. The van der Waals surface area contributed by atoms with E-state index in [9.17, 15) is 4.79 Å². The number of aryl methyl sites for hydroxylation is 1. The van der Waals surface area contributed by atoms with Crippen molar-refractivity contribution in [2.75, 3.05) is 7.05 Å². The molecule has 126 valence electrons. The first-order chi connectivity index (χ1) is 11.4. The first-order valence-electron chi connectivity index (χ1n) is 8.22. The summed E-state index contributed by atoms with van der Waals surface area (Å²) >= 11 is 0. The highest BCUT2D eigenvalue weighted by Crippen LogP contribution is 2.27. The molecule has 24 heavy (non-hydrogen) atoms. The molecule has 0 aliphatic heterocycles. The molecule has 0 amide bonds. The summed E-state index contributed by atoms with van der Waals surface area (Å²) in [7, 11) is 2.01. The fourth-order valence-corrected chi connectivity index (χ4v) is 3.16. The van der Waals surface area contributed by atoms with E-state index >= 15 is 0 Å². The van der Waals surface area contributed by atoms with Gasteiger partial charge < -0.3 is 8.83 Å². The van der Waals surface area contributed by atoms with Gasteiger partial charge in [-0.2, -0.15) is 0 Å². The molecule has 0 N–H and O–H groups in total. The molecular weight excluding hydrogens is 302 g/mol. The molecule has 0 saturated carbocycles. The number of furan rings is 1. The minimum Gasteiger partial charge on any atom is -0.468 e. The molecule has 0 unspecified atom stereocenters. The highest BCUT2D eigenvalue weighted by molar-refractivity contribution is 5.82. The van der Waals surface area contributed by atoms with Gasteiger partial charge in [-0.15, -0.1) is 0 Å². The molecule has 0 atom stereocenters. The molecule has 4 nitrogen and oxygen atoms in total. The summed E-state index contributed by atoms with van der Waals surface area (Å²) in [5.74, 6) is 1.33. The lowest BCUT2D eigenvalue weighted by atomic mass is 9.95. The van der Waals surface area contributed by atoms with Crippen LogP contribution in [-0.2, 0) is 13.1 Å². The van der Waals surface area contributed by atoms with Crippen molar-refractivity contribution < 1.29 is 8.83 Å². The van der Waals surface area contributed by atoms with Crippen molar-refractivity contribution in [3.63, 3.8) is 0 Å². The van der Waals surface area contributed by atoms with Crippen molar-refractivity contribution in [1.82, 2.24) is 4.90 Å². The van der Waals surface area contributed by atoms with Crippen LogP contribution in [0, 0.1) is 6.92 Å². The van der Waals surface area contributed by atoms with Crippen molar-refractivity contribution in [2.45, 2.75) is 39.8 Å². The van der Waals surface area contributed by atoms with Gasteiger partial charge in [0.1, 0.15) is 11.3 Å². The molecule has 1 aromatic carbocycles. The van der Waals surface area contributed by atoms with E-state index in [0.717, 1.165) is 22.3 Å². The van der Waals surface area contributed by atoms with E-state index < -0.39 is 0 Å². The highest BCUT2D eigenvalue weighted by Gasteiger charge is 2.13. The Morgan fingerprint density at radius 2 is 1.96 bits per heavy atom. The van der Waals surface area contributed by atoms with Crippen molar-refractivity contribution in [2.24, 2.45) is 0 Å². The van der Waals surface area contributed by atoms with Gasteiger partial charge in [0, 0.05) is 18.0 Å². The molecule has 0 bridgehead atoms. The van der Waals surface area contributed by atoms with Gasteiger partial charge >= 0.3 is 5.63 Å². The number of benzene rings is 1. The maximum Gasteiger partial charge on any atom is 0.336 e. The van der Waals surface area contributed by atoms with Crippen LogP contribution in [0.3, 0.4) is 0 Å². The average molecular weight is 325 g/mol. The van der Waals surface area contributed by atoms with E-state index in [1.807, 2.05) is 25.2 Å². The molecule has 2 heterocycles. The van der Waals surface area contributed by atoms with Crippen molar-refractivity contribution in [3.8, 4) is 0 Å². The first-order valence-corrected chi connectivity index (χ1v) is 8.22. The fourth-order valence-electron chi connectivity index (χ4n) is 3.16. The Balaban J connectivity index is 1.99. The molecule has 2 aromatic heterocycles. The molecule has 0 radical (unpaired) electrons. The van der Waals surface area contributed by atoms with Crippen LogP contribution in [0.25, 0.3) is 11.0 Å². The Morgan fingerprint density at radius 3 is 2.62 bits per heavy atom. The van der Waals surface area contributed by atoms with Crippen LogP contribution in [0.5, 0.6) is 0 Å². The lowest BCUT2D eigenvalue weighted by molar-refractivity contribution is 0.288. The largest absolute Gasteiger partial charge is 0.468 e. The van der Waals surface area contributed by atoms with E-state index in [1.165, 1.54) is 5.56 Å². The lowest BCUT2D eigenvalue weighted by Gasteiger charge is -2.17. The van der Waals surface area contributed by atoms with Crippen LogP contribution in [0.4, 0.5) is 0 Å². The van der Waals surface area contributed by atoms with Crippen LogP contribution in [0.15, 0.2) is 50.2 Å². The predicted octanol–water partition coefficient (Wildman–Crippen LogP) is 4.45. The zero-order valence-corrected chi connectivity index (χ0v) is 14.6. The molecule has 0 aliphatic carbocycles. The number of fused-ring (bicyclic) bond motifs is 1. The molecule has 0 spiro atoms. The molecule has 4 heteroatoms. The molecule has 3 aromatic rings. The van der Waals surface area contributed by atoms with Gasteiger partial charge in [-0.3, -0.25) is 4.90 Å². The topological polar surface area (TPSA) is 46.6 Å². The van der Waals surface area contributed by atoms with E-state index in [0.29, 0.717) is 24.6 Å². The Morgan fingerprint density at radius 1 is 1.17 bits per heavy atom. The van der Waals surface area contributed by atoms with E-state index in [1.54, 1.807) is 12.3 Å². The monoisotopic (exact) mass is 325 g/mol. The standard InChI is InChI=1S/C20H23NO3/c1-13(2)17-10-18-15(9-20(22)24-19(18)8-14(17)3)11-21(4)12-16-6-5-7-23-16/h5-10,13H,11-12H2,1-4H3. The zero-order chi connectivity index (χ0) is 17.3. The zero-order valence-electron chi connectivity index (χ0n) is 14.6. The maximum atomic E-state index is 11.9. The van der Waals surface area contributed by atoms with Crippen LogP contribution in [0.1, 0.15) is 42.2 Å². The smallest absolute Gasteiger partial charge is 0.336 e. The second-order valence-electron chi connectivity index (χ2n) is 6.70. The Bertz CT molecular complexity index is 891. The minimum absolute atomic E-state index is 0.305. The van der Waals surface area contributed by atoms with Crippen LogP contribution in [0.2, 0.25) is 0 Å². The molecule has 0 aliphatic rings. The van der Waals surface area contributed by atoms with Crippen molar-refractivity contribution in [3.05, 3.63) is 69.5 Å². The van der Waals surface area contributed by atoms with Gasteiger partial charge in [-0.05, 0) is 60.8 Å². The normalized spacial score (nSPS) is 11.8. The summed E-state index contributed by atoms with van der Waals surface area (Å²) in [6.07, 6.45) is 1.67. The second kappa shape index (κ2) is 6.65. The highest BCUT2D eigenvalue weighted by atomic mass is 16.4. The van der Waals surface area contributed by atoms with Gasteiger partial charge in [0.05, 0.1) is 12.8 Å². The number of nitrogens with zero attached hydrogens (tertiary/aromatic N) is 1. The quantitative estimate of drug-likeness (QED) is 0.650. The van der Waals surface area contributed by atoms with Gasteiger partial charge in [0.25, 0.3) is 0 Å². The third kappa shape index (κ3) is 3.44. The first kappa shape index (κ1) is 16.5. The Kier molecular flexibility index (Phi) is 4.58. The summed E-state index contributed by atoms with van der Waals surface area (Å²) in [6.45, 7) is 7.76. The second-order valence-corrected chi connectivity index (χ2v) is 6.70. The summed E-state index contributed by atoms with van der Waals surface area (Å²) in [5.41, 5.74) is 3.77. The summed E-state index contributed by atoms with van der Waals surface area (Å²) < 4.78 is 10.8. The maximum absolute atomic E-state index is 11.9. The average Bonchev–Trinajstić information content (AvgIpc) is 2.98. The number of rotatable bonds is 5. The predicted molar refractivity (Wildman–Crippen MR) is 95.2 cm³/mol. The molecule has 3 rings (SSSR count). The van der Waals surface area contributed by atoms with Gasteiger partial charge in [0.15, 0.2) is 0 Å². The van der Waals surface area contributed by atoms with Crippen LogP contribution in [-0.4, -0.2) is 11.9 Å². The minimum atomic E-state index is -0.305. The van der Waals surface area contributed by atoms with Crippen LogP contribution >= 0.6 is 0 Å². The lowest BCUT2D eigenvalue weighted by Crippen LogP contribution is -2.18. The van der Waals surface area contributed by atoms with Crippen LogP contribution < -0.4 is 5.63 Å². The van der Waals surface area contributed by atoms with E-state index in [-0.39, 0.29) is 5.63 Å². The fraction of sp³-hybridized carbons (Fsp3) is 0.350. The van der Waals surface area contributed by atoms with Gasteiger partial charge in [0.2, 0.25) is 0 Å². The van der Waals surface area contributed by atoms with Crippen molar-refractivity contribution in [1.29, 1.82) is 0 Å². The van der Waals surface area contributed by atoms with Crippen molar-refractivity contribution >= 4 is 11.0 Å².